The minimum atomic E-state index is -0.749. The lowest BCUT2D eigenvalue weighted by molar-refractivity contribution is -0.124. The second-order valence-electron chi connectivity index (χ2n) is 11.6. The van der Waals surface area contributed by atoms with Gasteiger partial charge in [0, 0.05) is 49.6 Å². The number of likely N-dealkylation sites (tertiary alicyclic amines) is 1. The Morgan fingerprint density at radius 1 is 1.15 bits per heavy atom. The second kappa shape index (κ2) is 16.8. The fraction of sp³-hybridized carbons (Fsp3) is 0.710. The molecule has 4 amide bonds. The molecule has 1 heterocycles. The third-order valence-electron chi connectivity index (χ3n) is 8.75. The third kappa shape index (κ3) is 9.77. The molecule has 1 aromatic carbocycles. The molecule has 41 heavy (non-hydrogen) atoms. The number of likely N-dealkylation sites (N-methyl/N-ethyl adjacent to an activating group) is 1. The van der Waals surface area contributed by atoms with E-state index in [1.54, 1.807) is 0 Å². The van der Waals surface area contributed by atoms with E-state index in [1.807, 2.05) is 43.1 Å². The zero-order valence-electron chi connectivity index (χ0n) is 25.1. The van der Waals surface area contributed by atoms with E-state index in [9.17, 15) is 14.4 Å². The molecule has 1 aromatic rings. The Kier molecular flexibility index (Phi) is 13.5. The minimum absolute atomic E-state index is 0.0322. The zero-order valence-corrected chi connectivity index (χ0v) is 25.9. The predicted octanol–water partition coefficient (Wildman–Crippen LogP) is 5.18. The van der Waals surface area contributed by atoms with Crippen molar-refractivity contribution in [1.29, 1.82) is 0 Å². The molecule has 3 atom stereocenters. The standard InChI is InChI=1S/C31H50ClN5O4/c1-4-28(38)36-31(16-10-17-34-30(40)41-3,24-13-8-15-26(32)20-24)25-14-9-18-37(22-25)29(39)35-27(21-33-2)19-23-11-6-5-7-12-23/h8,13,15,20,23,25,27,33H,4-7,9-12,14,16-19,21-22H2,1-3H3,(H,34,40)(H,35,39)(H,36,38)/t25-,27+,31+/m1/s1. The van der Waals surface area contributed by atoms with Crippen molar-refractivity contribution < 1.29 is 19.1 Å². The highest BCUT2D eigenvalue weighted by Crippen LogP contribution is 2.40. The van der Waals surface area contributed by atoms with Crippen LogP contribution in [0.3, 0.4) is 0 Å². The summed E-state index contributed by atoms with van der Waals surface area (Å²) in [5, 5.41) is 13.3. The van der Waals surface area contributed by atoms with Gasteiger partial charge in [-0.1, -0.05) is 62.8 Å². The van der Waals surface area contributed by atoms with E-state index in [-0.39, 0.29) is 23.9 Å². The van der Waals surface area contributed by atoms with E-state index < -0.39 is 11.6 Å². The van der Waals surface area contributed by atoms with Gasteiger partial charge in [0.1, 0.15) is 0 Å². The Hall–Kier alpha value is -2.52. The van der Waals surface area contributed by atoms with Crippen LogP contribution in [0.5, 0.6) is 0 Å². The number of nitrogens with one attached hydrogen (secondary N) is 4. The molecule has 10 heteroatoms. The summed E-state index contributed by atoms with van der Waals surface area (Å²) in [6.07, 6.45) is 10.1. The number of rotatable bonds is 13. The molecule has 0 bridgehead atoms. The SMILES string of the molecule is CCC(=O)N[C@@](CCCNC(=O)OC)(c1cccc(Cl)c1)[C@@H]1CCCN(C(=O)N[C@H](CNC)CC2CCCCC2)C1. The number of nitrogens with zero attached hydrogens (tertiary/aromatic N) is 1. The summed E-state index contributed by atoms with van der Waals surface area (Å²) in [7, 11) is 3.27. The van der Waals surface area contributed by atoms with E-state index in [0.717, 1.165) is 31.4 Å². The maximum atomic E-state index is 13.7. The Morgan fingerprint density at radius 3 is 2.61 bits per heavy atom. The number of alkyl carbamates (subject to hydrolysis) is 1. The predicted molar refractivity (Wildman–Crippen MR) is 163 cm³/mol. The summed E-state index contributed by atoms with van der Waals surface area (Å²) < 4.78 is 4.73. The van der Waals surface area contributed by atoms with Crippen molar-refractivity contribution in [3.05, 3.63) is 34.9 Å². The summed E-state index contributed by atoms with van der Waals surface area (Å²) in [4.78, 5) is 40.3. The van der Waals surface area contributed by atoms with Crippen LogP contribution in [0.15, 0.2) is 24.3 Å². The van der Waals surface area contributed by atoms with Crippen molar-refractivity contribution >= 4 is 29.6 Å². The molecular formula is C31H50ClN5O4. The summed E-state index contributed by atoms with van der Waals surface area (Å²) in [5.41, 5.74) is 0.170. The van der Waals surface area contributed by atoms with Crippen molar-refractivity contribution in [2.45, 2.75) is 89.1 Å². The van der Waals surface area contributed by atoms with Crippen LogP contribution in [0.2, 0.25) is 5.02 Å². The highest BCUT2D eigenvalue weighted by Gasteiger charge is 2.44. The second-order valence-corrected chi connectivity index (χ2v) is 12.1. The highest BCUT2D eigenvalue weighted by atomic mass is 35.5. The number of carbonyl (C=O) groups excluding carboxylic acids is 3. The van der Waals surface area contributed by atoms with E-state index >= 15 is 0 Å². The van der Waals surface area contributed by atoms with Gasteiger partial charge in [0.05, 0.1) is 12.6 Å². The molecule has 9 nitrogen and oxygen atoms in total. The Balaban J connectivity index is 1.82. The number of hydrogen-bond acceptors (Lipinski definition) is 5. The van der Waals surface area contributed by atoms with Crippen LogP contribution in [0.1, 0.15) is 83.1 Å². The van der Waals surface area contributed by atoms with Crippen LogP contribution >= 0.6 is 11.6 Å². The lowest BCUT2D eigenvalue weighted by Gasteiger charge is -2.47. The molecule has 2 fully saturated rings. The van der Waals surface area contributed by atoms with Crippen LogP contribution in [0, 0.1) is 11.8 Å². The molecule has 3 rings (SSSR count). The van der Waals surface area contributed by atoms with Gasteiger partial charge in [-0.15, -0.1) is 0 Å². The number of halogens is 1. The molecule has 1 aliphatic carbocycles. The van der Waals surface area contributed by atoms with Gasteiger partial charge < -0.3 is 30.9 Å². The molecular weight excluding hydrogens is 542 g/mol. The topological polar surface area (TPSA) is 112 Å². The molecule has 230 valence electrons. The van der Waals surface area contributed by atoms with Crippen molar-refractivity contribution in [3.63, 3.8) is 0 Å². The monoisotopic (exact) mass is 591 g/mol. The molecule has 1 saturated carbocycles. The molecule has 4 N–H and O–H groups in total. The number of carbonyl (C=O) groups is 3. The maximum absolute atomic E-state index is 13.7. The van der Waals surface area contributed by atoms with Gasteiger partial charge in [0.2, 0.25) is 5.91 Å². The minimum Gasteiger partial charge on any atom is -0.453 e. The first-order chi connectivity index (χ1) is 19.8. The lowest BCUT2D eigenvalue weighted by atomic mass is 9.71. The fourth-order valence-corrected chi connectivity index (χ4v) is 6.84. The molecule has 0 spiro atoms. The average molecular weight is 592 g/mol. The van der Waals surface area contributed by atoms with Gasteiger partial charge in [-0.05, 0) is 62.8 Å². The van der Waals surface area contributed by atoms with Gasteiger partial charge in [0.25, 0.3) is 0 Å². The molecule has 1 saturated heterocycles. The van der Waals surface area contributed by atoms with Gasteiger partial charge in [-0.2, -0.15) is 0 Å². The number of ether oxygens (including phenoxy) is 1. The number of benzene rings is 1. The van der Waals surface area contributed by atoms with Crippen molar-refractivity contribution in [1.82, 2.24) is 26.2 Å². The molecule has 1 aliphatic heterocycles. The zero-order chi connectivity index (χ0) is 29.7. The normalized spacial score (nSPS) is 20.0. The van der Waals surface area contributed by atoms with E-state index in [0.29, 0.717) is 49.8 Å². The molecule has 2 aliphatic rings. The first kappa shape index (κ1) is 33.0. The smallest absolute Gasteiger partial charge is 0.406 e. The van der Waals surface area contributed by atoms with E-state index in [4.69, 9.17) is 16.3 Å². The molecule has 0 radical (unpaired) electrons. The number of amides is 4. The number of piperidine rings is 1. The van der Waals surface area contributed by atoms with Crippen LogP contribution in [0.4, 0.5) is 9.59 Å². The number of urea groups is 1. The summed E-state index contributed by atoms with van der Waals surface area (Å²) >= 11 is 6.46. The summed E-state index contributed by atoms with van der Waals surface area (Å²) in [6, 6.07) is 7.68. The van der Waals surface area contributed by atoms with Crippen molar-refractivity contribution in [2.75, 3.05) is 40.3 Å². The molecule has 0 aromatic heterocycles. The summed E-state index contributed by atoms with van der Waals surface area (Å²) in [5.74, 6) is 0.569. The third-order valence-corrected chi connectivity index (χ3v) is 8.99. The average Bonchev–Trinajstić information content (AvgIpc) is 2.99. The van der Waals surface area contributed by atoms with Crippen LogP contribution in [0.25, 0.3) is 0 Å². The van der Waals surface area contributed by atoms with Crippen LogP contribution < -0.4 is 21.3 Å². The highest BCUT2D eigenvalue weighted by molar-refractivity contribution is 6.30. The van der Waals surface area contributed by atoms with E-state index in [1.165, 1.54) is 39.2 Å². The Morgan fingerprint density at radius 2 is 1.93 bits per heavy atom. The first-order valence-electron chi connectivity index (χ1n) is 15.4. The Bertz CT molecular complexity index is 989. The van der Waals surface area contributed by atoms with Crippen molar-refractivity contribution in [2.24, 2.45) is 11.8 Å². The first-order valence-corrected chi connectivity index (χ1v) is 15.8. The lowest BCUT2D eigenvalue weighted by Crippen LogP contribution is -2.58. The summed E-state index contributed by atoms with van der Waals surface area (Å²) in [6.45, 7) is 4.18. The quantitative estimate of drug-likeness (QED) is 0.236. The van der Waals surface area contributed by atoms with Gasteiger partial charge in [0.15, 0.2) is 0 Å². The van der Waals surface area contributed by atoms with Gasteiger partial charge in [-0.3, -0.25) is 4.79 Å². The largest absolute Gasteiger partial charge is 0.453 e. The van der Waals surface area contributed by atoms with Crippen LogP contribution in [-0.4, -0.2) is 69.3 Å². The van der Waals surface area contributed by atoms with E-state index in [2.05, 4.69) is 21.3 Å². The van der Waals surface area contributed by atoms with Crippen molar-refractivity contribution in [3.8, 4) is 0 Å². The van der Waals surface area contributed by atoms with Gasteiger partial charge in [-0.25, -0.2) is 9.59 Å². The molecule has 0 unspecified atom stereocenters. The maximum Gasteiger partial charge on any atom is 0.406 e. The van der Waals surface area contributed by atoms with Gasteiger partial charge >= 0.3 is 12.1 Å². The number of hydrogen-bond donors (Lipinski definition) is 4. The number of methoxy groups -OCH3 is 1. The Labute approximate surface area is 250 Å². The van der Waals surface area contributed by atoms with Crippen LogP contribution in [-0.2, 0) is 15.1 Å². The fourth-order valence-electron chi connectivity index (χ4n) is 6.65.